The van der Waals surface area contributed by atoms with E-state index in [4.69, 9.17) is 0 Å². The maximum Gasteiger partial charge on any atom is 0.0303 e. The molecule has 1 aromatic carbocycles. The second kappa shape index (κ2) is 3.45. The van der Waals surface area contributed by atoms with E-state index >= 15 is 0 Å². The summed E-state index contributed by atoms with van der Waals surface area (Å²) >= 11 is 0. The van der Waals surface area contributed by atoms with E-state index in [1.165, 1.54) is 22.3 Å². The van der Waals surface area contributed by atoms with Crippen LogP contribution >= 0.6 is 0 Å². The Morgan fingerprint density at radius 3 is 1.92 bits per heavy atom. The SMILES string of the molecule is CC#Cc1c(C)cc(C)cc1C. The molecule has 0 heteroatoms. The first-order valence-corrected chi connectivity index (χ1v) is 4.15. The summed E-state index contributed by atoms with van der Waals surface area (Å²) in [4.78, 5) is 0. The quantitative estimate of drug-likeness (QED) is 0.509. The number of hydrogen-bond donors (Lipinski definition) is 0. The number of aryl methyl sites for hydroxylation is 3. The van der Waals surface area contributed by atoms with E-state index in [0.29, 0.717) is 0 Å². The second-order valence-corrected chi connectivity index (χ2v) is 3.15. The van der Waals surface area contributed by atoms with Crippen molar-refractivity contribution in [1.82, 2.24) is 0 Å². The van der Waals surface area contributed by atoms with Crippen LogP contribution in [0.15, 0.2) is 12.1 Å². The maximum atomic E-state index is 3.12. The van der Waals surface area contributed by atoms with Gasteiger partial charge >= 0.3 is 0 Å². The molecule has 0 heterocycles. The van der Waals surface area contributed by atoms with Crippen molar-refractivity contribution in [2.24, 2.45) is 0 Å². The Balaban J connectivity index is 3.34. The van der Waals surface area contributed by atoms with Crippen molar-refractivity contribution in [2.45, 2.75) is 27.7 Å². The summed E-state index contributed by atoms with van der Waals surface area (Å²) in [5.41, 5.74) is 5.05. The average molecular weight is 158 g/mol. The summed E-state index contributed by atoms with van der Waals surface area (Å²) in [5, 5.41) is 0. The fourth-order valence-electron chi connectivity index (χ4n) is 1.50. The Labute approximate surface area is 74.6 Å². The van der Waals surface area contributed by atoms with E-state index in [1.807, 2.05) is 6.92 Å². The van der Waals surface area contributed by atoms with Gasteiger partial charge in [0.2, 0.25) is 0 Å². The molecule has 0 nitrogen and oxygen atoms in total. The average Bonchev–Trinajstić information content (AvgIpc) is 1.96. The zero-order valence-electron chi connectivity index (χ0n) is 8.15. The zero-order valence-corrected chi connectivity index (χ0v) is 8.15. The molecule has 0 fully saturated rings. The van der Waals surface area contributed by atoms with Gasteiger partial charge in [0.15, 0.2) is 0 Å². The molecule has 0 spiro atoms. The normalized spacial score (nSPS) is 9.00. The van der Waals surface area contributed by atoms with Crippen molar-refractivity contribution in [3.05, 3.63) is 34.4 Å². The monoisotopic (exact) mass is 158 g/mol. The smallest absolute Gasteiger partial charge is 0.0303 e. The van der Waals surface area contributed by atoms with E-state index in [2.05, 4.69) is 44.7 Å². The molecule has 0 aliphatic heterocycles. The summed E-state index contributed by atoms with van der Waals surface area (Å²) < 4.78 is 0. The van der Waals surface area contributed by atoms with Gasteiger partial charge in [0.1, 0.15) is 0 Å². The molecule has 12 heavy (non-hydrogen) atoms. The fraction of sp³-hybridized carbons (Fsp3) is 0.333. The molecule has 0 atom stereocenters. The number of hydrogen-bond acceptors (Lipinski definition) is 0. The zero-order chi connectivity index (χ0) is 9.14. The van der Waals surface area contributed by atoms with E-state index in [9.17, 15) is 0 Å². The molecule has 0 unspecified atom stereocenters. The van der Waals surface area contributed by atoms with Gasteiger partial charge in [-0.1, -0.05) is 23.6 Å². The minimum absolute atomic E-state index is 1.18. The predicted octanol–water partition coefficient (Wildman–Crippen LogP) is 2.98. The fourth-order valence-corrected chi connectivity index (χ4v) is 1.50. The van der Waals surface area contributed by atoms with Crippen LogP contribution in [0, 0.1) is 32.6 Å². The van der Waals surface area contributed by atoms with Crippen molar-refractivity contribution in [3.8, 4) is 11.8 Å². The molecule has 62 valence electrons. The van der Waals surface area contributed by atoms with Crippen molar-refractivity contribution in [3.63, 3.8) is 0 Å². The molecule has 0 N–H and O–H groups in total. The van der Waals surface area contributed by atoms with Gasteiger partial charge in [-0.25, -0.2) is 0 Å². The predicted molar refractivity (Wildman–Crippen MR) is 53.2 cm³/mol. The molecule has 0 saturated heterocycles. The third kappa shape index (κ3) is 1.68. The standard InChI is InChI=1S/C12H14/c1-5-6-12-10(3)7-9(2)8-11(12)4/h7-8H,1-4H3. The second-order valence-electron chi connectivity index (χ2n) is 3.15. The van der Waals surface area contributed by atoms with Crippen LogP contribution in [0.3, 0.4) is 0 Å². The summed E-state index contributed by atoms with van der Waals surface area (Å²) in [6, 6.07) is 4.35. The van der Waals surface area contributed by atoms with E-state index < -0.39 is 0 Å². The van der Waals surface area contributed by atoms with Gasteiger partial charge in [-0.3, -0.25) is 0 Å². The molecule has 0 aliphatic carbocycles. The van der Waals surface area contributed by atoms with Crippen molar-refractivity contribution in [2.75, 3.05) is 0 Å². The van der Waals surface area contributed by atoms with Crippen LogP contribution in [-0.2, 0) is 0 Å². The molecule has 1 rings (SSSR count). The molecule has 0 aromatic heterocycles. The lowest BCUT2D eigenvalue weighted by atomic mass is 10.0. The third-order valence-electron chi connectivity index (χ3n) is 1.93. The van der Waals surface area contributed by atoms with Crippen molar-refractivity contribution >= 4 is 0 Å². The summed E-state index contributed by atoms with van der Waals surface area (Å²) in [6.45, 7) is 8.21. The highest BCUT2D eigenvalue weighted by molar-refractivity contribution is 5.47. The van der Waals surface area contributed by atoms with Gasteiger partial charge in [0.25, 0.3) is 0 Å². The van der Waals surface area contributed by atoms with Crippen molar-refractivity contribution < 1.29 is 0 Å². The van der Waals surface area contributed by atoms with Crippen molar-refractivity contribution in [1.29, 1.82) is 0 Å². The van der Waals surface area contributed by atoms with Gasteiger partial charge in [-0.15, -0.1) is 5.92 Å². The first-order valence-electron chi connectivity index (χ1n) is 4.15. The molecule has 0 bridgehead atoms. The molecule has 1 aromatic rings. The summed E-state index contributed by atoms with van der Waals surface area (Å²) in [5.74, 6) is 6.06. The summed E-state index contributed by atoms with van der Waals surface area (Å²) in [6.07, 6.45) is 0. The molecule has 0 radical (unpaired) electrons. The topological polar surface area (TPSA) is 0 Å². The van der Waals surface area contributed by atoms with E-state index in [0.717, 1.165) is 0 Å². The molecule has 0 saturated carbocycles. The van der Waals surface area contributed by atoms with Gasteiger partial charge in [-0.05, 0) is 38.8 Å². The molecule has 0 aliphatic rings. The first-order chi connectivity index (χ1) is 5.65. The van der Waals surface area contributed by atoms with Crippen LogP contribution in [0.5, 0.6) is 0 Å². The highest BCUT2D eigenvalue weighted by atomic mass is 14.0. The Bertz CT molecular complexity index is 325. The minimum Gasteiger partial charge on any atom is -0.101 e. The van der Waals surface area contributed by atoms with Crippen LogP contribution in [0.25, 0.3) is 0 Å². The number of benzene rings is 1. The number of rotatable bonds is 0. The summed E-state index contributed by atoms with van der Waals surface area (Å²) in [7, 11) is 0. The maximum absolute atomic E-state index is 3.12. The van der Waals surface area contributed by atoms with E-state index in [-0.39, 0.29) is 0 Å². The highest BCUT2D eigenvalue weighted by Gasteiger charge is 1.99. The van der Waals surface area contributed by atoms with E-state index in [1.54, 1.807) is 0 Å². The van der Waals surface area contributed by atoms with Crippen LogP contribution < -0.4 is 0 Å². The van der Waals surface area contributed by atoms with Crippen LogP contribution in [0.4, 0.5) is 0 Å². The Hall–Kier alpha value is -1.22. The van der Waals surface area contributed by atoms with Gasteiger partial charge < -0.3 is 0 Å². The Morgan fingerprint density at radius 1 is 1.00 bits per heavy atom. The lowest BCUT2D eigenvalue weighted by Gasteiger charge is -2.04. The van der Waals surface area contributed by atoms with Crippen LogP contribution in [0.2, 0.25) is 0 Å². The van der Waals surface area contributed by atoms with Gasteiger partial charge in [0, 0.05) is 5.56 Å². The Kier molecular flexibility index (Phi) is 2.55. The Morgan fingerprint density at radius 2 is 1.50 bits per heavy atom. The minimum atomic E-state index is 1.18. The lowest BCUT2D eigenvalue weighted by molar-refractivity contribution is 1.30. The van der Waals surface area contributed by atoms with Gasteiger partial charge in [-0.2, -0.15) is 0 Å². The van der Waals surface area contributed by atoms with Crippen LogP contribution in [0.1, 0.15) is 29.2 Å². The first kappa shape index (κ1) is 8.87. The molecule has 0 amide bonds. The third-order valence-corrected chi connectivity index (χ3v) is 1.93. The largest absolute Gasteiger partial charge is 0.101 e. The van der Waals surface area contributed by atoms with Crippen LogP contribution in [-0.4, -0.2) is 0 Å². The highest BCUT2D eigenvalue weighted by Crippen LogP contribution is 2.14. The lowest BCUT2D eigenvalue weighted by Crippen LogP contribution is -1.88. The molecular formula is C12H14. The molecular weight excluding hydrogens is 144 g/mol. The van der Waals surface area contributed by atoms with Gasteiger partial charge in [0.05, 0.1) is 0 Å².